The van der Waals surface area contributed by atoms with Crippen LogP contribution in [0, 0.1) is 0 Å². The molecule has 0 saturated carbocycles. The maximum atomic E-state index is 3.69. The van der Waals surface area contributed by atoms with Crippen LogP contribution in [-0.4, -0.2) is 12.1 Å². The van der Waals surface area contributed by atoms with Crippen molar-refractivity contribution in [2.24, 2.45) is 0 Å². The first-order chi connectivity index (χ1) is 4.62. The van der Waals surface area contributed by atoms with Gasteiger partial charge in [0.25, 0.3) is 0 Å². The van der Waals surface area contributed by atoms with Crippen LogP contribution in [-0.2, 0) is 0 Å². The predicted octanol–water partition coefficient (Wildman–Crippen LogP) is 2.54. The van der Waals surface area contributed by atoms with Crippen LogP contribution in [0.4, 0.5) is 0 Å². The Labute approximate surface area is 76.0 Å². The summed E-state index contributed by atoms with van der Waals surface area (Å²) in [5.41, 5.74) is 0.163. The zero-order chi connectivity index (χ0) is 8.04. The van der Waals surface area contributed by atoms with Crippen molar-refractivity contribution in [1.82, 2.24) is 5.32 Å². The third-order valence-electron chi connectivity index (χ3n) is 1.38. The van der Waals surface area contributed by atoms with Crippen molar-refractivity contribution in [3.05, 3.63) is 25.3 Å². The standard InChI is InChI=1S/C9H17N.ClH/c1-5-7-9(3,4)10-8-6-2;/h5-6,10H,1-2,7-8H2,3-4H3;1H. The lowest BCUT2D eigenvalue weighted by Crippen LogP contribution is -2.38. The van der Waals surface area contributed by atoms with E-state index >= 15 is 0 Å². The molecular weight excluding hydrogens is 158 g/mol. The molecule has 0 rings (SSSR count). The Morgan fingerprint density at radius 1 is 1.27 bits per heavy atom. The smallest absolute Gasteiger partial charge is 0.0162 e. The molecule has 0 heterocycles. The van der Waals surface area contributed by atoms with E-state index in [1.807, 2.05) is 12.2 Å². The van der Waals surface area contributed by atoms with E-state index in [9.17, 15) is 0 Å². The fourth-order valence-corrected chi connectivity index (χ4v) is 0.781. The molecule has 0 saturated heterocycles. The van der Waals surface area contributed by atoms with Crippen molar-refractivity contribution in [2.75, 3.05) is 6.54 Å². The van der Waals surface area contributed by atoms with Crippen LogP contribution in [0.1, 0.15) is 20.3 Å². The Morgan fingerprint density at radius 3 is 2.18 bits per heavy atom. The minimum atomic E-state index is 0. The molecule has 11 heavy (non-hydrogen) atoms. The summed E-state index contributed by atoms with van der Waals surface area (Å²) < 4.78 is 0. The molecule has 1 N–H and O–H groups in total. The van der Waals surface area contributed by atoms with Crippen LogP contribution in [0.5, 0.6) is 0 Å². The molecule has 0 bridgehead atoms. The van der Waals surface area contributed by atoms with E-state index in [2.05, 4.69) is 32.3 Å². The summed E-state index contributed by atoms with van der Waals surface area (Å²) >= 11 is 0. The minimum absolute atomic E-state index is 0. The predicted molar refractivity (Wildman–Crippen MR) is 54.3 cm³/mol. The summed E-state index contributed by atoms with van der Waals surface area (Å²) in [7, 11) is 0. The van der Waals surface area contributed by atoms with Crippen LogP contribution in [0.2, 0.25) is 0 Å². The summed E-state index contributed by atoms with van der Waals surface area (Å²) in [6, 6.07) is 0. The highest BCUT2D eigenvalue weighted by molar-refractivity contribution is 5.85. The third-order valence-corrected chi connectivity index (χ3v) is 1.38. The molecule has 0 aliphatic carbocycles. The number of rotatable bonds is 5. The summed E-state index contributed by atoms with van der Waals surface area (Å²) in [5, 5.41) is 3.32. The Hall–Kier alpha value is -0.270. The minimum Gasteiger partial charge on any atom is -0.308 e. The van der Waals surface area contributed by atoms with Gasteiger partial charge in [-0.25, -0.2) is 0 Å². The first-order valence-electron chi connectivity index (χ1n) is 3.59. The molecule has 0 radical (unpaired) electrons. The van der Waals surface area contributed by atoms with Crippen molar-refractivity contribution in [3.63, 3.8) is 0 Å². The second-order valence-electron chi connectivity index (χ2n) is 3.05. The van der Waals surface area contributed by atoms with Crippen molar-refractivity contribution < 1.29 is 0 Å². The Morgan fingerprint density at radius 2 is 1.82 bits per heavy atom. The SMILES string of the molecule is C=CCNC(C)(C)CC=C.Cl. The molecule has 2 heteroatoms. The average molecular weight is 176 g/mol. The molecule has 0 unspecified atom stereocenters. The van der Waals surface area contributed by atoms with Gasteiger partial charge in [0, 0.05) is 12.1 Å². The quantitative estimate of drug-likeness (QED) is 0.634. The number of hydrogen-bond acceptors (Lipinski definition) is 1. The van der Waals surface area contributed by atoms with E-state index < -0.39 is 0 Å². The van der Waals surface area contributed by atoms with Gasteiger partial charge in [0.15, 0.2) is 0 Å². The van der Waals surface area contributed by atoms with Crippen molar-refractivity contribution in [2.45, 2.75) is 25.8 Å². The van der Waals surface area contributed by atoms with Crippen LogP contribution >= 0.6 is 12.4 Å². The maximum absolute atomic E-state index is 3.69. The Balaban J connectivity index is 0. The van der Waals surface area contributed by atoms with E-state index in [-0.39, 0.29) is 17.9 Å². The fourth-order valence-electron chi connectivity index (χ4n) is 0.781. The van der Waals surface area contributed by atoms with Gasteiger partial charge in [-0.15, -0.1) is 25.6 Å². The summed E-state index contributed by atoms with van der Waals surface area (Å²) in [6.45, 7) is 12.5. The molecule has 66 valence electrons. The molecule has 0 aromatic rings. The lowest BCUT2D eigenvalue weighted by atomic mass is 10.0. The van der Waals surface area contributed by atoms with Gasteiger partial charge in [0.05, 0.1) is 0 Å². The zero-order valence-electron chi connectivity index (χ0n) is 7.39. The molecular formula is C9H18ClN. The van der Waals surface area contributed by atoms with Crippen LogP contribution in [0.3, 0.4) is 0 Å². The van der Waals surface area contributed by atoms with Gasteiger partial charge in [0.1, 0.15) is 0 Å². The summed E-state index contributed by atoms with van der Waals surface area (Å²) in [5.74, 6) is 0. The molecule has 0 spiro atoms. The van der Waals surface area contributed by atoms with Gasteiger partial charge in [-0.05, 0) is 20.3 Å². The zero-order valence-corrected chi connectivity index (χ0v) is 8.21. The lowest BCUT2D eigenvalue weighted by Gasteiger charge is -2.23. The van der Waals surface area contributed by atoms with Gasteiger partial charge < -0.3 is 5.32 Å². The van der Waals surface area contributed by atoms with E-state index in [1.165, 1.54) is 0 Å². The third kappa shape index (κ3) is 7.63. The number of nitrogens with one attached hydrogen (secondary N) is 1. The monoisotopic (exact) mass is 175 g/mol. The first-order valence-corrected chi connectivity index (χ1v) is 3.59. The first kappa shape index (κ1) is 13.3. The molecule has 0 aliphatic rings. The van der Waals surface area contributed by atoms with E-state index in [0.717, 1.165) is 13.0 Å². The normalized spacial score (nSPS) is 10.0. The highest BCUT2D eigenvalue weighted by atomic mass is 35.5. The van der Waals surface area contributed by atoms with Crippen LogP contribution < -0.4 is 5.32 Å². The molecule has 0 amide bonds. The molecule has 0 aromatic heterocycles. The molecule has 0 atom stereocenters. The van der Waals surface area contributed by atoms with Crippen LogP contribution in [0.25, 0.3) is 0 Å². The Kier molecular flexibility index (Phi) is 7.80. The van der Waals surface area contributed by atoms with Gasteiger partial charge in [-0.2, -0.15) is 0 Å². The van der Waals surface area contributed by atoms with Crippen molar-refractivity contribution >= 4 is 12.4 Å². The fraction of sp³-hybridized carbons (Fsp3) is 0.556. The van der Waals surface area contributed by atoms with Gasteiger partial charge in [0.2, 0.25) is 0 Å². The number of halogens is 1. The van der Waals surface area contributed by atoms with Gasteiger partial charge in [-0.1, -0.05) is 12.2 Å². The van der Waals surface area contributed by atoms with Gasteiger partial charge >= 0.3 is 0 Å². The molecule has 0 fully saturated rings. The molecule has 0 aliphatic heterocycles. The highest BCUT2D eigenvalue weighted by Gasteiger charge is 2.12. The summed E-state index contributed by atoms with van der Waals surface area (Å²) in [4.78, 5) is 0. The van der Waals surface area contributed by atoms with Crippen LogP contribution in [0.15, 0.2) is 25.3 Å². The largest absolute Gasteiger partial charge is 0.308 e. The summed E-state index contributed by atoms with van der Waals surface area (Å²) in [6.07, 6.45) is 4.78. The maximum Gasteiger partial charge on any atom is 0.0162 e. The number of hydrogen-bond donors (Lipinski definition) is 1. The lowest BCUT2D eigenvalue weighted by molar-refractivity contribution is 0.413. The molecule has 1 nitrogen and oxygen atoms in total. The van der Waals surface area contributed by atoms with Gasteiger partial charge in [-0.3, -0.25) is 0 Å². The van der Waals surface area contributed by atoms with E-state index in [1.54, 1.807) is 0 Å². The average Bonchev–Trinajstić information content (AvgIpc) is 1.84. The highest BCUT2D eigenvalue weighted by Crippen LogP contribution is 2.07. The second-order valence-corrected chi connectivity index (χ2v) is 3.05. The van der Waals surface area contributed by atoms with E-state index in [0.29, 0.717) is 0 Å². The topological polar surface area (TPSA) is 12.0 Å². The van der Waals surface area contributed by atoms with Crippen molar-refractivity contribution in [1.29, 1.82) is 0 Å². The Bertz CT molecular complexity index is 119. The van der Waals surface area contributed by atoms with E-state index in [4.69, 9.17) is 0 Å². The van der Waals surface area contributed by atoms with Crippen molar-refractivity contribution in [3.8, 4) is 0 Å². The second kappa shape index (κ2) is 6.44. The molecule has 0 aromatic carbocycles.